The number of hydrogen-bond acceptors (Lipinski definition) is 2. The van der Waals surface area contributed by atoms with E-state index in [9.17, 15) is 18.0 Å². The Labute approximate surface area is 199 Å². The fraction of sp³-hybridized carbons (Fsp3) is 0.269. The molecule has 176 valence electrons. The van der Waals surface area contributed by atoms with Crippen LogP contribution in [0.1, 0.15) is 34.7 Å². The van der Waals surface area contributed by atoms with E-state index in [2.05, 4.69) is 10.2 Å². The maximum absolute atomic E-state index is 12.9. The number of carbonyl (C=O) groups is 1. The predicted octanol–water partition coefficient (Wildman–Crippen LogP) is 6.36. The first-order valence-corrected chi connectivity index (χ1v) is 10.6. The Balaban J connectivity index is 0.00000385. The maximum atomic E-state index is 12.9. The van der Waals surface area contributed by atoms with Gasteiger partial charge in [-0.1, -0.05) is 54.6 Å². The minimum Gasteiger partial charge on any atom is -0.357 e. The van der Waals surface area contributed by atoms with Gasteiger partial charge in [0.25, 0.3) is 0 Å². The molecule has 0 aromatic heterocycles. The van der Waals surface area contributed by atoms with E-state index in [1.807, 2.05) is 61.5 Å². The summed E-state index contributed by atoms with van der Waals surface area (Å²) in [5.41, 5.74) is 3.07. The lowest BCUT2D eigenvalue weighted by atomic mass is 10.0. The van der Waals surface area contributed by atoms with Crippen LogP contribution < -0.4 is 10.2 Å². The summed E-state index contributed by atoms with van der Waals surface area (Å²) >= 11 is 0. The van der Waals surface area contributed by atoms with Crippen LogP contribution in [0.3, 0.4) is 0 Å². The molecular formula is C26H28ClF3N2O. The molecule has 0 unspecified atom stereocenters. The standard InChI is InChI=1S/C26H27F3N2O.ClH/c1-19-8-6-12-23(18-19)31(24(25(32)30-2)21-10-4-3-5-11-21)17-7-9-20-13-15-22(16-14-20)26(27,28)29;/h3-6,8,10-16,18,24H,7,9,17H2,1-2H3,(H,30,32);1H/t24-;/m1./s1. The first-order chi connectivity index (χ1) is 15.3. The molecule has 0 aliphatic rings. The van der Waals surface area contributed by atoms with Crippen molar-refractivity contribution in [2.45, 2.75) is 32.0 Å². The lowest BCUT2D eigenvalue weighted by Crippen LogP contribution is -2.40. The molecule has 0 aliphatic heterocycles. The second-order valence-electron chi connectivity index (χ2n) is 7.76. The van der Waals surface area contributed by atoms with E-state index in [4.69, 9.17) is 0 Å². The molecule has 0 radical (unpaired) electrons. The molecule has 0 spiro atoms. The largest absolute Gasteiger partial charge is 0.416 e. The van der Waals surface area contributed by atoms with E-state index in [0.717, 1.165) is 34.5 Å². The predicted molar refractivity (Wildman–Crippen MR) is 129 cm³/mol. The summed E-state index contributed by atoms with van der Waals surface area (Å²) in [6.45, 7) is 2.57. The van der Waals surface area contributed by atoms with Crippen molar-refractivity contribution in [3.05, 3.63) is 101 Å². The fourth-order valence-corrected chi connectivity index (χ4v) is 3.77. The van der Waals surface area contributed by atoms with Gasteiger partial charge in [0.1, 0.15) is 6.04 Å². The summed E-state index contributed by atoms with van der Waals surface area (Å²) in [5, 5.41) is 2.77. The Kier molecular flexibility index (Phi) is 9.35. The molecule has 0 saturated heterocycles. The van der Waals surface area contributed by atoms with Crippen LogP contribution in [0.15, 0.2) is 78.9 Å². The Bertz CT molecular complexity index is 1020. The number of alkyl halides is 3. The maximum Gasteiger partial charge on any atom is 0.416 e. The molecule has 3 rings (SSSR count). The molecule has 7 heteroatoms. The van der Waals surface area contributed by atoms with E-state index in [-0.39, 0.29) is 18.3 Å². The van der Waals surface area contributed by atoms with Gasteiger partial charge in [0, 0.05) is 19.3 Å². The summed E-state index contributed by atoms with van der Waals surface area (Å²) in [5.74, 6) is -0.118. The number of amides is 1. The van der Waals surface area contributed by atoms with Gasteiger partial charge in [0.05, 0.1) is 5.56 Å². The van der Waals surface area contributed by atoms with Gasteiger partial charge in [-0.05, 0) is 60.7 Å². The number of likely N-dealkylation sites (N-methyl/N-ethyl adjacent to an activating group) is 1. The monoisotopic (exact) mass is 476 g/mol. The molecule has 0 saturated carbocycles. The Morgan fingerprint density at radius 3 is 2.21 bits per heavy atom. The molecule has 0 heterocycles. The van der Waals surface area contributed by atoms with Crippen molar-refractivity contribution in [1.82, 2.24) is 5.32 Å². The third kappa shape index (κ3) is 6.99. The average molecular weight is 477 g/mol. The highest BCUT2D eigenvalue weighted by Gasteiger charge is 2.30. The zero-order chi connectivity index (χ0) is 23.1. The molecule has 1 N–H and O–H groups in total. The Morgan fingerprint density at radius 2 is 1.64 bits per heavy atom. The lowest BCUT2D eigenvalue weighted by Gasteiger charge is -2.33. The van der Waals surface area contributed by atoms with Crippen molar-refractivity contribution in [1.29, 1.82) is 0 Å². The number of hydrogen-bond donors (Lipinski definition) is 1. The topological polar surface area (TPSA) is 32.3 Å². The van der Waals surface area contributed by atoms with Crippen molar-refractivity contribution < 1.29 is 18.0 Å². The summed E-state index contributed by atoms with van der Waals surface area (Å²) in [6, 6.07) is 22.3. The SMILES string of the molecule is CNC(=O)[C@@H](c1ccccc1)N(CCCc1ccc(C(F)(F)F)cc1)c1cccc(C)c1.Cl. The van der Waals surface area contributed by atoms with Gasteiger partial charge in [-0.25, -0.2) is 0 Å². The van der Waals surface area contributed by atoms with Gasteiger partial charge in [-0.2, -0.15) is 13.2 Å². The fourth-order valence-electron chi connectivity index (χ4n) is 3.77. The van der Waals surface area contributed by atoms with Crippen LogP contribution in [0.25, 0.3) is 0 Å². The Morgan fingerprint density at radius 1 is 0.970 bits per heavy atom. The Hall–Kier alpha value is -2.99. The van der Waals surface area contributed by atoms with Crippen LogP contribution >= 0.6 is 12.4 Å². The lowest BCUT2D eigenvalue weighted by molar-refractivity contribution is -0.137. The second-order valence-corrected chi connectivity index (χ2v) is 7.76. The van der Waals surface area contributed by atoms with Crippen LogP contribution in [0, 0.1) is 6.92 Å². The van der Waals surface area contributed by atoms with Gasteiger partial charge in [0.2, 0.25) is 5.91 Å². The summed E-state index contributed by atoms with van der Waals surface area (Å²) < 4.78 is 38.4. The minimum atomic E-state index is -4.34. The zero-order valence-electron chi connectivity index (χ0n) is 18.6. The van der Waals surface area contributed by atoms with Crippen molar-refractivity contribution >= 4 is 24.0 Å². The highest BCUT2D eigenvalue weighted by Crippen LogP contribution is 2.30. The highest BCUT2D eigenvalue weighted by molar-refractivity contribution is 5.86. The zero-order valence-corrected chi connectivity index (χ0v) is 19.4. The molecule has 1 amide bonds. The van der Waals surface area contributed by atoms with Gasteiger partial charge < -0.3 is 10.2 Å². The number of anilines is 1. The third-order valence-electron chi connectivity index (χ3n) is 5.40. The summed E-state index contributed by atoms with van der Waals surface area (Å²) in [6.07, 6.45) is -3.05. The second kappa shape index (κ2) is 11.8. The third-order valence-corrected chi connectivity index (χ3v) is 5.40. The molecular weight excluding hydrogens is 449 g/mol. The van der Waals surface area contributed by atoms with E-state index >= 15 is 0 Å². The molecule has 33 heavy (non-hydrogen) atoms. The highest BCUT2D eigenvalue weighted by atomic mass is 35.5. The van der Waals surface area contributed by atoms with Crippen molar-refractivity contribution in [3.8, 4) is 0 Å². The molecule has 3 nitrogen and oxygen atoms in total. The summed E-state index contributed by atoms with van der Waals surface area (Å²) in [4.78, 5) is 15.0. The van der Waals surface area contributed by atoms with Crippen molar-refractivity contribution in [2.24, 2.45) is 0 Å². The van der Waals surface area contributed by atoms with Crippen molar-refractivity contribution in [2.75, 3.05) is 18.5 Å². The molecule has 1 atom stereocenters. The molecule has 0 bridgehead atoms. The molecule has 0 fully saturated rings. The van der Waals surface area contributed by atoms with Gasteiger partial charge >= 0.3 is 6.18 Å². The number of nitrogens with one attached hydrogen (secondary N) is 1. The molecule has 0 aliphatic carbocycles. The van der Waals surface area contributed by atoms with E-state index < -0.39 is 17.8 Å². The first-order valence-electron chi connectivity index (χ1n) is 10.6. The first kappa shape index (κ1) is 26.3. The average Bonchev–Trinajstić information content (AvgIpc) is 2.78. The number of halogens is 4. The van der Waals surface area contributed by atoms with Crippen molar-refractivity contribution in [3.63, 3.8) is 0 Å². The van der Waals surface area contributed by atoms with Gasteiger partial charge in [-0.15, -0.1) is 12.4 Å². The van der Waals surface area contributed by atoms with E-state index in [0.29, 0.717) is 19.4 Å². The number of rotatable bonds is 8. The van der Waals surface area contributed by atoms with Crippen LogP contribution in [-0.4, -0.2) is 19.5 Å². The van der Waals surface area contributed by atoms with Gasteiger partial charge in [0.15, 0.2) is 0 Å². The van der Waals surface area contributed by atoms with Crippen LogP contribution in [0.4, 0.5) is 18.9 Å². The normalized spacial score (nSPS) is 11.9. The van der Waals surface area contributed by atoms with Gasteiger partial charge in [-0.3, -0.25) is 4.79 Å². The van der Waals surface area contributed by atoms with Crippen LogP contribution in [-0.2, 0) is 17.4 Å². The number of benzene rings is 3. The number of aryl methyl sites for hydroxylation is 2. The van der Waals surface area contributed by atoms with E-state index in [1.165, 1.54) is 12.1 Å². The molecule has 3 aromatic rings. The quantitative estimate of drug-likeness (QED) is 0.410. The smallest absolute Gasteiger partial charge is 0.357 e. The summed E-state index contributed by atoms with van der Waals surface area (Å²) in [7, 11) is 1.62. The van der Waals surface area contributed by atoms with E-state index in [1.54, 1.807) is 7.05 Å². The van der Waals surface area contributed by atoms with Crippen LogP contribution in [0.5, 0.6) is 0 Å². The van der Waals surface area contributed by atoms with Crippen LogP contribution in [0.2, 0.25) is 0 Å². The molecule has 3 aromatic carbocycles. The minimum absolute atomic E-state index is 0. The number of carbonyl (C=O) groups excluding carboxylic acids is 1. The number of nitrogens with zero attached hydrogens (tertiary/aromatic N) is 1.